The quantitative estimate of drug-likeness (QED) is 0.799. The van der Waals surface area contributed by atoms with E-state index in [1.807, 2.05) is 18.7 Å². The largest absolute Gasteiger partial charge is 0.338 e. The van der Waals surface area contributed by atoms with Gasteiger partial charge in [0, 0.05) is 32.7 Å². The van der Waals surface area contributed by atoms with Crippen LogP contribution in [0.15, 0.2) is 6.07 Å². The van der Waals surface area contributed by atoms with Crippen molar-refractivity contribution in [2.24, 2.45) is 12.5 Å². The van der Waals surface area contributed by atoms with Crippen LogP contribution in [0.3, 0.4) is 0 Å². The maximum absolute atomic E-state index is 12.7. The van der Waals surface area contributed by atoms with Gasteiger partial charge in [0.2, 0.25) is 5.91 Å². The molecule has 0 aliphatic carbocycles. The summed E-state index contributed by atoms with van der Waals surface area (Å²) >= 11 is 0. The molecule has 2 atom stereocenters. The standard InChI is InChI=1S/C17H28N4O/c1-5-14(3)21-12-17(16(21)22)7-6-8-20(11-17)10-15-9-13(2)18-19(15)4/h9,14H,5-8,10-12H2,1-4H3/t14-,17+/m0/s1. The topological polar surface area (TPSA) is 41.4 Å². The maximum atomic E-state index is 12.7. The first-order chi connectivity index (χ1) is 10.4. The van der Waals surface area contributed by atoms with Crippen LogP contribution in [0, 0.1) is 12.3 Å². The van der Waals surface area contributed by atoms with Crippen molar-refractivity contribution in [3.8, 4) is 0 Å². The van der Waals surface area contributed by atoms with Crippen LogP contribution in [-0.2, 0) is 18.4 Å². The predicted molar refractivity (Wildman–Crippen MR) is 86.4 cm³/mol. The predicted octanol–water partition coefficient (Wildman–Crippen LogP) is 1.95. The van der Waals surface area contributed by atoms with E-state index in [0.717, 1.165) is 51.1 Å². The molecule has 1 amide bonds. The zero-order valence-electron chi connectivity index (χ0n) is 14.3. The first-order valence-corrected chi connectivity index (χ1v) is 8.48. The van der Waals surface area contributed by atoms with Crippen molar-refractivity contribution < 1.29 is 4.79 Å². The van der Waals surface area contributed by atoms with Gasteiger partial charge in [-0.2, -0.15) is 5.10 Å². The number of aromatic nitrogens is 2. The SMILES string of the molecule is CC[C@H](C)N1C[C@]2(CCCN(Cc3cc(C)nn3C)C2)C1=O. The Morgan fingerprint density at radius 2 is 2.18 bits per heavy atom. The summed E-state index contributed by atoms with van der Waals surface area (Å²) in [5, 5.41) is 4.42. The van der Waals surface area contributed by atoms with Crippen LogP contribution in [0.1, 0.15) is 44.5 Å². The molecule has 0 saturated carbocycles. The van der Waals surface area contributed by atoms with E-state index >= 15 is 0 Å². The van der Waals surface area contributed by atoms with Gasteiger partial charge in [-0.05, 0) is 45.7 Å². The molecule has 122 valence electrons. The molecule has 1 aromatic heterocycles. The number of amides is 1. The summed E-state index contributed by atoms with van der Waals surface area (Å²) in [7, 11) is 2.00. The lowest BCUT2D eigenvalue weighted by atomic mass is 9.71. The van der Waals surface area contributed by atoms with Gasteiger partial charge in [-0.3, -0.25) is 14.4 Å². The van der Waals surface area contributed by atoms with Gasteiger partial charge in [0.15, 0.2) is 0 Å². The van der Waals surface area contributed by atoms with Crippen LogP contribution >= 0.6 is 0 Å². The Balaban J connectivity index is 1.65. The number of carbonyl (C=O) groups excluding carboxylic acids is 1. The average molecular weight is 304 g/mol. The van der Waals surface area contributed by atoms with Crippen molar-refractivity contribution >= 4 is 5.91 Å². The molecule has 0 N–H and O–H groups in total. The molecule has 5 nitrogen and oxygen atoms in total. The van der Waals surface area contributed by atoms with E-state index < -0.39 is 0 Å². The highest BCUT2D eigenvalue weighted by Crippen LogP contribution is 2.42. The number of aryl methyl sites for hydroxylation is 2. The summed E-state index contributed by atoms with van der Waals surface area (Å²) in [5.74, 6) is 0.382. The monoisotopic (exact) mass is 304 g/mol. The van der Waals surface area contributed by atoms with Gasteiger partial charge in [0.05, 0.1) is 16.8 Å². The van der Waals surface area contributed by atoms with E-state index in [2.05, 4.69) is 34.8 Å². The average Bonchev–Trinajstić information content (AvgIpc) is 2.82. The lowest BCUT2D eigenvalue weighted by molar-refractivity contribution is -0.170. The lowest BCUT2D eigenvalue weighted by Crippen LogP contribution is -2.68. The van der Waals surface area contributed by atoms with Crippen molar-refractivity contribution in [1.82, 2.24) is 19.6 Å². The zero-order chi connectivity index (χ0) is 15.9. The molecule has 1 aromatic rings. The van der Waals surface area contributed by atoms with Crippen LogP contribution in [0.5, 0.6) is 0 Å². The molecule has 3 rings (SSSR count). The summed E-state index contributed by atoms with van der Waals surface area (Å²) in [6.07, 6.45) is 3.22. The van der Waals surface area contributed by atoms with Gasteiger partial charge in [-0.15, -0.1) is 0 Å². The van der Waals surface area contributed by atoms with Gasteiger partial charge in [-0.25, -0.2) is 0 Å². The summed E-state index contributed by atoms with van der Waals surface area (Å²) in [6, 6.07) is 2.53. The molecule has 0 unspecified atom stereocenters. The maximum Gasteiger partial charge on any atom is 0.232 e. The Morgan fingerprint density at radius 1 is 1.41 bits per heavy atom. The number of hydrogen-bond acceptors (Lipinski definition) is 3. The smallest absolute Gasteiger partial charge is 0.232 e. The molecule has 3 heterocycles. The number of likely N-dealkylation sites (tertiary alicyclic amines) is 2. The Hall–Kier alpha value is -1.36. The summed E-state index contributed by atoms with van der Waals surface area (Å²) < 4.78 is 1.96. The van der Waals surface area contributed by atoms with E-state index in [0.29, 0.717) is 11.9 Å². The molecule has 2 saturated heterocycles. The van der Waals surface area contributed by atoms with Crippen molar-refractivity contribution in [3.63, 3.8) is 0 Å². The van der Waals surface area contributed by atoms with E-state index in [4.69, 9.17) is 0 Å². The minimum Gasteiger partial charge on any atom is -0.338 e. The molecule has 2 fully saturated rings. The molecular formula is C17H28N4O. The zero-order valence-corrected chi connectivity index (χ0v) is 14.3. The highest BCUT2D eigenvalue weighted by atomic mass is 16.2. The Morgan fingerprint density at radius 3 is 2.77 bits per heavy atom. The van der Waals surface area contributed by atoms with Crippen LogP contribution in [0.2, 0.25) is 0 Å². The minimum absolute atomic E-state index is 0.102. The van der Waals surface area contributed by atoms with E-state index in [9.17, 15) is 4.79 Å². The second-order valence-corrected chi connectivity index (χ2v) is 7.19. The number of β-lactam (4-membered cyclic amide) rings is 1. The second-order valence-electron chi connectivity index (χ2n) is 7.19. The van der Waals surface area contributed by atoms with Crippen LogP contribution in [0.25, 0.3) is 0 Å². The van der Waals surface area contributed by atoms with Crippen molar-refractivity contribution in [1.29, 1.82) is 0 Å². The number of piperidine rings is 1. The fourth-order valence-corrected chi connectivity index (χ4v) is 3.96. The molecule has 0 aromatic carbocycles. The second kappa shape index (κ2) is 5.69. The highest BCUT2D eigenvalue weighted by molar-refractivity contribution is 5.89. The molecule has 0 radical (unpaired) electrons. The third kappa shape index (κ3) is 2.56. The van der Waals surface area contributed by atoms with E-state index in [-0.39, 0.29) is 5.41 Å². The van der Waals surface area contributed by atoms with Crippen LogP contribution < -0.4 is 0 Å². The number of carbonyl (C=O) groups is 1. The fraction of sp³-hybridized carbons (Fsp3) is 0.765. The molecule has 2 aliphatic heterocycles. The van der Waals surface area contributed by atoms with Gasteiger partial charge >= 0.3 is 0 Å². The van der Waals surface area contributed by atoms with E-state index in [1.165, 1.54) is 5.69 Å². The van der Waals surface area contributed by atoms with Crippen molar-refractivity contribution in [2.45, 2.75) is 52.6 Å². The third-order valence-corrected chi connectivity index (χ3v) is 5.45. The molecule has 1 spiro atoms. The van der Waals surface area contributed by atoms with Gasteiger partial charge in [0.1, 0.15) is 0 Å². The Labute approximate surface area is 133 Å². The fourth-order valence-electron chi connectivity index (χ4n) is 3.96. The number of rotatable bonds is 4. The Kier molecular flexibility index (Phi) is 4.02. The number of nitrogens with zero attached hydrogens (tertiary/aromatic N) is 4. The van der Waals surface area contributed by atoms with Gasteiger partial charge in [0.25, 0.3) is 0 Å². The molecule has 22 heavy (non-hydrogen) atoms. The van der Waals surface area contributed by atoms with E-state index in [1.54, 1.807) is 0 Å². The first-order valence-electron chi connectivity index (χ1n) is 8.48. The van der Waals surface area contributed by atoms with Gasteiger partial charge < -0.3 is 4.90 Å². The highest BCUT2D eigenvalue weighted by Gasteiger charge is 2.54. The Bertz CT molecular complexity index is 567. The number of hydrogen-bond donors (Lipinski definition) is 0. The molecule has 5 heteroatoms. The summed E-state index contributed by atoms with van der Waals surface area (Å²) in [5.41, 5.74) is 2.20. The first kappa shape index (κ1) is 15.5. The summed E-state index contributed by atoms with van der Waals surface area (Å²) in [6.45, 7) is 10.2. The van der Waals surface area contributed by atoms with Gasteiger partial charge in [-0.1, -0.05) is 6.92 Å². The summed E-state index contributed by atoms with van der Waals surface area (Å²) in [4.78, 5) is 17.2. The molecule has 2 aliphatic rings. The molecule has 0 bridgehead atoms. The third-order valence-electron chi connectivity index (χ3n) is 5.45. The van der Waals surface area contributed by atoms with Crippen molar-refractivity contribution in [3.05, 3.63) is 17.5 Å². The van der Waals surface area contributed by atoms with Crippen LogP contribution in [0.4, 0.5) is 0 Å². The van der Waals surface area contributed by atoms with Crippen LogP contribution in [-0.4, -0.2) is 51.2 Å². The lowest BCUT2D eigenvalue weighted by Gasteiger charge is -2.55. The minimum atomic E-state index is -0.102. The van der Waals surface area contributed by atoms with Crippen molar-refractivity contribution in [2.75, 3.05) is 19.6 Å². The normalized spacial score (nSPS) is 27.3. The molecular weight excluding hydrogens is 276 g/mol.